The summed E-state index contributed by atoms with van der Waals surface area (Å²) in [5.41, 5.74) is 12.2. The molecule has 0 spiro atoms. The third kappa shape index (κ3) is 4.51. The van der Waals surface area contributed by atoms with Crippen LogP contribution in [0.5, 0.6) is 0 Å². The summed E-state index contributed by atoms with van der Waals surface area (Å²) in [6, 6.07) is 11.6. The zero-order valence-electron chi connectivity index (χ0n) is 19.8. The van der Waals surface area contributed by atoms with Crippen molar-refractivity contribution in [3.05, 3.63) is 41.7 Å². The number of nitrogen functional groups attached to an aromatic ring is 1. The number of aromatic amines is 2. The van der Waals surface area contributed by atoms with Crippen molar-refractivity contribution >= 4 is 27.9 Å². The Kier molecular flexibility index (Phi) is 6.80. The number of nitrogens with two attached hydrogens (primary N) is 1. The molecule has 3 heterocycles. The molecule has 0 saturated heterocycles. The van der Waals surface area contributed by atoms with Crippen LogP contribution in [0.2, 0.25) is 0 Å². The number of aryl methyl sites for hydroxylation is 1. The van der Waals surface area contributed by atoms with Crippen LogP contribution in [0.4, 0.5) is 5.82 Å². The van der Waals surface area contributed by atoms with E-state index in [4.69, 9.17) is 5.73 Å². The third-order valence-electron chi connectivity index (χ3n) is 6.47. The van der Waals surface area contributed by atoms with Gasteiger partial charge < -0.3 is 15.7 Å². The van der Waals surface area contributed by atoms with E-state index >= 15 is 0 Å². The lowest BCUT2D eigenvalue weighted by Gasteiger charge is -2.31. The largest absolute Gasteiger partial charge is 0.384 e. The van der Waals surface area contributed by atoms with E-state index < -0.39 is 0 Å². The normalized spacial score (nSPS) is 14.8. The summed E-state index contributed by atoms with van der Waals surface area (Å²) in [4.78, 5) is 18.4. The first kappa shape index (κ1) is 22.3. The molecule has 4 aromatic rings. The van der Waals surface area contributed by atoms with Gasteiger partial charge >= 0.3 is 0 Å². The summed E-state index contributed by atoms with van der Waals surface area (Å²) in [5, 5.41) is 1.22. The summed E-state index contributed by atoms with van der Waals surface area (Å²) in [6.45, 7) is 7.07. The molecule has 5 rings (SSSR count). The summed E-state index contributed by atoms with van der Waals surface area (Å²) in [6.07, 6.45) is 7.62. The number of nitrogens with zero attached hydrogens (tertiary/aromatic N) is 3. The fourth-order valence-corrected chi connectivity index (χ4v) is 4.80. The number of rotatable bonds is 5. The minimum Gasteiger partial charge on any atom is -0.384 e. The molecule has 0 bridgehead atoms. The quantitative estimate of drug-likeness (QED) is 0.359. The van der Waals surface area contributed by atoms with Gasteiger partial charge in [0.15, 0.2) is 5.65 Å². The first-order valence-electron chi connectivity index (χ1n) is 12.1. The number of imidazole rings is 1. The van der Waals surface area contributed by atoms with Crippen LogP contribution in [-0.4, -0.2) is 37.9 Å². The molecule has 0 amide bonds. The Hall–Kier alpha value is -2.86. The molecule has 1 aliphatic carbocycles. The Labute approximate surface area is 190 Å². The fraction of sp³-hybridized carbons (Fsp3) is 0.462. The van der Waals surface area contributed by atoms with Crippen molar-refractivity contribution in [1.29, 1.82) is 0 Å². The lowest BCUT2D eigenvalue weighted by atomic mass is 9.94. The number of nitrogens with one attached hydrogen (secondary N) is 2. The van der Waals surface area contributed by atoms with Crippen LogP contribution in [0.25, 0.3) is 33.3 Å². The highest BCUT2D eigenvalue weighted by Gasteiger charge is 2.18. The molecule has 6 heteroatoms. The van der Waals surface area contributed by atoms with Crippen LogP contribution in [0.15, 0.2) is 30.3 Å². The predicted molar refractivity (Wildman–Crippen MR) is 135 cm³/mol. The number of benzene rings is 1. The van der Waals surface area contributed by atoms with E-state index in [1.54, 1.807) is 0 Å². The van der Waals surface area contributed by atoms with Crippen molar-refractivity contribution in [2.24, 2.45) is 0 Å². The van der Waals surface area contributed by atoms with Crippen molar-refractivity contribution in [3.8, 4) is 11.3 Å². The molecule has 1 fully saturated rings. The van der Waals surface area contributed by atoms with Crippen molar-refractivity contribution in [2.45, 2.75) is 71.9 Å². The Morgan fingerprint density at radius 1 is 1.03 bits per heavy atom. The van der Waals surface area contributed by atoms with Crippen LogP contribution in [0.1, 0.15) is 64.3 Å². The van der Waals surface area contributed by atoms with Gasteiger partial charge in [-0.25, -0.2) is 9.97 Å². The smallest absolute Gasteiger partial charge is 0.180 e. The molecule has 3 aromatic heterocycles. The van der Waals surface area contributed by atoms with Crippen molar-refractivity contribution < 1.29 is 0 Å². The third-order valence-corrected chi connectivity index (χ3v) is 6.47. The van der Waals surface area contributed by atoms with E-state index in [9.17, 15) is 0 Å². The Bertz CT molecular complexity index is 1180. The SMILES string of the molecule is CC.CCc1nc2nc(N)cc(-c3cc4cc(CN(C)C5CCCCC5)ccc4[nH]3)c2[nH]1. The minimum absolute atomic E-state index is 0.486. The van der Waals surface area contributed by atoms with Crippen LogP contribution in [-0.2, 0) is 13.0 Å². The molecule has 1 aromatic carbocycles. The van der Waals surface area contributed by atoms with Gasteiger partial charge in [0.25, 0.3) is 0 Å². The van der Waals surface area contributed by atoms with Gasteiger partial charge in [-0.05, 0) is 49.7 Å². The van der Waals surface area contributed by atoms with E-state index in [2.05, 4.69) is 63.1 Å². The average molecular weight is 433 g/mol. The molecule has 4 N–H and O–H groups in total. The van der Waals surface area contributed by atoms with Gasteiger partial charge in [0, 0.05) is 41.2 Å². The van der Waals surface area contributed by atoms with E-state index in [0.29, 0.717) is 11.5 Å². The summed E-state index contributed by atoms with van der Waals surface area (Å²) < 4.78 is 0. The van der Waals surface area contributed by atoms with Gasteiger partial charge in [0.2, 0.25) is 0 Å². The minimum atomic E-state index is 0.486. The van der Waals surface area contributed by atoms with E-state index in [0.717, 1.165) is 47.1 Å². The number of fused-ring (bicyclic) bond motifs is 2. The second-order valence-corrected chi connectivity index (χ2v) is 8.64. The Morgan fingerprint density at radius 2 is 1.81 bits per heavy atom. The summed E-state index contributed by atoms with van der Waals surface area (Å²) in [5.74, 6) is 1.41. The molecular formula is C26H36N6. The first-order chi connectivity index (χ1) is 15.6. The molecule has 0 unspecified atom stereocenters. The number of hydrogen-bond acceptors (Lipinski definition) is 4. The molecule has 32 heavy (non-hydrogen) atoms. The Morgan fingerprint density at radius 3 is 2.56 bits per heavy atom. The molecule has 0 aliphatic heterocycles. The maximum Gasteiger partial charge on any atom is 0.180 e. The highest BCUT2D eigenvalue weighted by molar-refractivity contribution is 5.95. The van der Waals surface area contributed by atoms with Gasteiger partial charge in [0.1, 0.15) is 11.6 Å². The average Bonchev–Trinajstić information content (AvgIpc) is 3.44. The summed E-state index contributed by atoms with van der Waals surface area (Å²) >= 11 is 0. The van der Waals surface area contributed by atoms with Gasteiger partial charge in [-0.1, -0.05) is 46.1 Å². The second kappa shape index (κ2) is 9.74. The van der Waals surface area contributed by atoms with Gasteiger partial charge in [-0.3, -0.25) is 4.90 Å². The maximum atomic E-state index is 6.07. The Balaban J connectivity index is 0.00000119. The van der Waals surface area contributed by atoms with Gasteiger partial charge in [0.05, 0.1) is 5.52 Å². The monoisotopic (exact) mass is 432 g/mol. The van der Waals surface area contributed by atoms with Crippen LogP contribution in [0, 0.1) is 0 Å². The van der Waals surface area contributed by atoms with Crippen molar-refractivity contribution in [3.63, 3.8) is 0 Å². The first-order valence-corrected chi connectivity index (χ1v) is 12.1. The lowest BCUT2D eigenvalue weighted by Crippen LogP contribution is -2.32. The molecule has 1 aliphatic rings. The van der Waals surface area contributed by atoms with Crippen LogP contribution in [0.3, 0.4) is 0 Å². The van der Waals surface area contributed by atoms with E-state index in [-0.39, 0.29) is 0 Å². The molecule has 6 nitrogen and oxygen atoms in total. The van der Waals surface area contributed by atoms with Gasteiger partial charge in [-0.15, -0.1) is 0 Å². The molecule has 0 atom stereocenters. The molecule has 170 valence electrons. The summed E-state index contributed by atoms with van der Waals surface area (Å²) in [7, 11) is 2.27. The van der Waals surface area contributed by atoms with Crippen molar-refractivity contribution in [2.75, 3.05) is 12.8 Å². The number of aromatic nitrogens is 4. The zero-order valence-corrected chi connectivity index (χ0v) is 19.8. The highest BCUT2D eigenvalue weighted by atomic mass is 15.1. The highest BCUT2D eigenvalue weighted by Crippen LogP contribution is 2.31. The van der Waals surface area contributed by atoms with E-state index in [1.165, 1.54) is 43.1 Å². The van der Waals surface area contributed by atoms with E-state index in [1.807, 2.05) is 19.9 Å². The molecule has 1 saturated carbocycles. The van der Waals surface area contributed by atoms with Crippen LogP contribution >= 0.6 is 0 Å². The standard InChI is InChI=1S/C24H30N6.C2H6/c1-3-22-28-23-18(13-21(25)27-24(23)29-22)20-12-16-11-15(9-10-19(16)26-20)14-30(2)17-7-5-4-6-8-17;1-2/h9-13,17,26H,3-8,14H2,1-2H3,(H3,25,27,28,29);1-2H3. The molecular weight excluding hydrogens is 396 g/mol. The topological polar surface area (TPSA) is 86.6 Å². The fourth-order valence-electron chi connectivity index (χ4n) is 4.80. The zero-order chi connectivity index (χ0) is 22.7. The molecule has 0 radical (unpaired) electrons. The maximum absolute atomic E-state index is 6.07. The number of pyridine rings is 1. The van der Waals surface area contributed by atoms with Crippen LogP contribution < -0.4 is 5.73 Å². The second-order valence-electron chi connectivity index (χ2n) is 8.64. The lowest BCUT2D eigenvalue weighted by molar-refractivity contribution is 0.184. The van der Waals surface area contributed by atoms with Gasteiger partial charge in [-0.2, -0.15) is 0 Å². The number of H-pyrrole nitrogens is 2. The number of anilines is 1. The van der Waals surface area contributed by atoms with Crippen molar-refractivity contribution in [1.82, 2.24) is 24.8 Å². The predicted octanol–water partition coefficient (Wildman–Crippen LogP) is 6.04. The number of hydrogen-bond donors (Lipinski definition) is 3.